The van der Waals surface area contributed by atoms with Crippen molar-refractivity contribution in [1.82, 2.24) is 0 Å². The van der Waals surface area contributed by atoms with Crippen LogP contribution in [0, 0.1) is 0 Å². The Balaban J connectivity index is 1.76. The van der Waals surface area contributed by atoms with E-state index < -0.39 is 0 Å². The first-order valence-electron chi connectivity index (χ1n) is 8.50. The number of thioether (sulfide) groups is 2. The molecule has 0 aliphatic rings. The van der Waals surface area contributed by atoms with Crippen LogP contribution < -0.4 is 10.1 Å². The number of nitrogens with one attached hydrogen (secondary N) is 1. The van der Waals surface area contributed by atoms with Gasteiger partial charge in [-0.25, -0.2) is 0 Å². The summed E-state index contributed by atoms with van der Waals surface area (Å²) in [5.41, 5.74) is 2.41. The third-order valence-electron chi connectivity index (χ3n) is 4.01. The molecule has 138 valence electrons. The minimum atomic E-state index is -0.123. The molecule has 0 aliphatic heterocycles. The highest BCUT2D eigenvalue weighted by Crippen LogP contribution is 2.29. The quantitative estimate of drug-likeness (QED) is 0.501. The molecule has 0 saturated heterocycles. The van der Waals surface area contributed by atoms with Gasteiger partial charge in [-0.2, -0.15) is 0 Å². The smallest absolute Gasteiger partial charge is 0.255 e. The van der Waals surface area contributed by atoms with Gasteiger partial charge in [0.2, 0.25) is 0 Å². The lowest BCUT2D eigenvalue weighted by molar-refractivity contribution is 0.102. The highest BCUT2D eigenvalue weighted by atomic mass is 32.2. The molecule has 0 saturated carbocycles. The maximum Gasteiger partial charge on any atom is 0.255 e. The molecule has 1 N–H and O–H groups in total. The van der Waals surface area contributed by atoms with Crippen LogP contribution in [0.1, 0.15) is 15.9 Å². The van der Waals surface area contributed by atoms with Crippen molar-refractivity contribution < 1.29 is 9.53 Å². The molecule has 0 atom stereocenters. The van der Waals surface area contributed by atoms with Crippen molar-refractivity contribution in [3.8, 4) is 5.75 Å². The molecule has 0 heterocycles. The van der Waals surface area contributed by atoms with E-state index in [0.717, 1.165) is 27.6 Å². The Labute approximate surface area is 168 Å². The van der Waals surface area contributed by atoms with Gasteiger partial charge in [0, 0.05) is 32.4 Å². The van der Waals surface area contributed by atoms with Gasteiger partial charge in [0.1, 0.15) is 5.75 Å². The molecule has 1 amide bonds. The summed E-state index contributed by atoms with van der Waals surface area (Å²) >= 11 is 3.37. The zero-order chi connectivity index (χ0) is 19.1. The van der Waals surface area contributed by atoms with Gasteiger partial charge in [0.25, 0.3) is 5.91 Å². The summed E-state index contributed by atoms with van der Waals surface area (Å²) in [5.74, 6) is 1.40. The van der Waals surface area contributed by atoms with Crippen molar-refractivity contribution in [3.63, 3.8) is 0 Å². The number of anilines is 1. The molecule has 27 heavy (non-hydrogen) atoms. The molecular formula is C22H21NO2S2. The Kier molecular flexibility index (Phi) is 6.85. The first-order valence-corrected chi connectivity index (χ1v) is 10.7. The van der Waals surface area contributed by atoms with Crippen LogP contribution in [0.2, 0.25) is 0 Å². The van der Waals surface area contributed by atoms with Crippen LogP contribution in [-0.2, 0) is 5.75 Å². The first kappa shape index (κ1) is 19.4. The zero-order valence-corrected chi connectivity index (χ0v) is 16.9. The molecular weight excluding hydrogens is 374 g/mol. The Bertz CT molecular complexity index is 913. The summed E-state index contributed by atoms with van der Waals surface area (Å²) in [6.45, 7) is 0. The molecule has 0 radical (unpaired) electrons. The maximum absolute atomic E-state index is 12.7. The summed E-state index contributed by atoms with van der Waals surface area (Å²) in [6.07, 6.45) is 2.01. The summed E-state index contributed by atoms with van der Waals surface area (Å²) in [6, 6.07) is 23.6. The van der Waals surface area contributed by atoms with Gasteiger partial charge in [-0.3, -0.25) is 4.79 Å². The fraction of sp³-hybridized carbons (Fsp3) is 0.136. The fourth-order valence-electron chi connectivity index (χ4n) is 2.61. The number of rotatable bonds is 7. The second kappa shape index (κ2) is 9.53. The number of hydrogen-bond donors (Lipinski definition) is 1. The van der Waals surface area contributed by atoms with Crippen LogP contribution in [-0.4, -0.2) is 19.3 Å². The minimum Gasteiger partial charge on any atom is -0.496 e. The van der Waals surface area contributed by atoms with Gasteiger partial charge in [0.15, 0.2) is 0 Å². The molecule has 3 aromatic carbocycles. The van der Waals surface area contributed by atoms with Gasteiger partial charge >= 0.3 is 0 Å². The fourth-order valence-corrected chi connectivity index (χ4v) is 3.97. The van der Waals surface area contributed by atoms with Crippen LogP contribution in [0.4, 0.5) is 5.69 Å². The van der Waals surface area contributed by atoms with Crippen molar-refractivity contribution in [2.45, 2.75) is 15.5 Å². The Hall–Kier alpha value is -2.37. The molecule has 3 aromatic rings. The average Bonchev–Trinajstić information content (AvgIpc) is 2.72. The number of hydrogen-bond acceptors (Lipinski definition) is 4. The van der Waals surface area contributed by atoms with Gasteiger partial charge < -0.3 is 10.1 Å². The van der Waals surface area contributed by atoms with Gasteiger partial charge in [-0.1, -0.05) is 24.3 Å². The normalized spacial score (nSPS) is 10.4. The Morgan fingerprint density at radius 1 is 0.963 bits per heavy atom. The highest BCUT2D eigenvalue weighted by molar-refractivity contribution is 7.98. The number of methoxy groups -OCH3 is 1. The summed E-state index contributed by atoms with van der Waals surface area (Å²) in [5, 5.41) is 2.97. The zero-order valence-electron chi connectivity index (χ0n) is 15.3. The molecule has 0 aromatic heterocycles. The van der Waals surface area contributed by atoms with E-state index >= 15 is 0 Å². The van der Waals surface area contributed by atoms with Crippen LogP contribution in [0.15, 0.2) is 82.6 Å². The molecule has 0 unspecified atom stereocenters. The monoisotopic (exact) mass is 395 g/mol. The third kappa shape index (κ3) is 5.31. The molecule has 0 fully saturated rings. The van der Waals surface area contributed by atoms with E-state index in [1.807, 2.05) is 60.9 Å². The topological polar surface area (TPSA) is 38.3 Å². The predicted octanol–water partition coefficient (Wildman–Crippen LogP) is 5.96. The highest BCUT2D eigenvalue weighted by Gasteiger charge is 2.11. The SMILES string of the molecule is COc1ccc(C(=O)Nc2cccc(SC)c2)cc1CSc1ccccc1. The molecule has 5 heteroatoms. The second-order valence-corrected chi connectivity index (χ2v) is 7.74. The van der Waals surface area contributed by atoms with E-state index in [9.17, 15) is 4.79 Å². The van der Waals surface area contributed by atoms with E-state index in [1.165, 1.54) is 4.90 Å². The number of carbonyl (C=O) groups is 1. The predicted molar refractivity (Wildman–Crippen MR) is 115 cm³/mol. The van der Waals surface area contributed by atoms with Crippen molar-refractivity contribution in [3.05, 3.63) is 83.9 Å². The standard InChI is InChI=1S/C22H21NO2S2/c1-25-21-12-11-16(13-17(21)15-27-19-8-4-3-5-9-19)22(24)23-18-7-6-10-20(14-18)26-2/h3-14H,15H2,1-2H3,(H,23,24). The lowest BCUT2D eigenvalue weighted by Crippen LogP contribution is -2.12. The van der Waals surface area contributed by atoms with Crippen LogP contribution in [0.25, 0.3) is 0 Å². The van der Waals surface area contributed by atoms with E-state index in [2.05, 4.69) is 17.4 Å². The van der Waals surface area contributed by atoms with Gasteiger partial charge in [0.05, 0.1) is 7.11 Å². The molecule has 0 spiro atoms. The van der Waals surface area contributed by atoms with Crippen LogP contribution >= 0.6 is 23.5 Å². The Morgan fingerprint density at radius 3 is 2.48 bits per heavy atom. The third-order valence-corrected chi connectivity index (χ3v) is 5.79. The molecule has 3 rings (SSSR count). The van der Waals surface area contributed by atoms with Crippen LogP contribution in [0.5, 0.6) is 5.75 Å². The lowest BCUT2D eigenvalue weighted by Gasteiger charge is -2.11. The first-order chi connectivity index (χ1) is 13.2. The van der Waals surface area contributed by atoms with E-state index in [-0.39, 0.29) is 5.91 Å². The summed E-state index contributed by atoms with van der Waals surface area (Å²) in [7, 11) is 1.65. The van der Waals surface area contributed by atoms with Crippen LogP contribution in [0.3, 0.4) is 0 Å². The van der Waals surface area contributed by atoms with Gasteiger partial charge in [-0.05, 0) is 54.8 Å². The van der Waals surface area contributed by atoms with Crippen molar-refractivity contribution in [2.75, 3.05) is 18.7 Å². The molecule has 3 nitrogen and oxygen atoms in total. The number of benzene rings is 3. The second-order valence-electron chi connectivity index (χ2n) is 5.81. The lowest BCUT2D eigenvalue weighted by atomic mass is 10.1. The van der Waals surface area contributed by atoms with E-state index in [4.69, 9.17) is 4.74 Å². The number of amides is 1. The minimum absolute atomic E-state index is 0.123. The van der Waals surface area contributed by atoms with E-state index in [1.54, 1.807) is 36.7 Å². The average molecular weight is 396 g/mol. The molecule has 0 aliphatic carbocycles. The number of carbonyl (C=O) groups excluding carboxylic acids is 1. The maximum atomic E-state index is 12.7. The van der Waals surface area contributed by atoms with Crippen molar-refractivity contribution in [1.29, 1.82) is 0 Å². The van der Waals surface area contributed by atoms with Gasteiger partial charge in [-0.15, -0.1) is 23.5 Å². The van der Waals surface area contributed by atoms with E-state index in [0.29, 0.717) is 5.56 Å². The number of ether oxygens (including phenoxy) is 1. The largest absolute Gasteiger partial charge is 0.496 e. The summed E-state index contributed by atoms with van der Waals surface area (Å²) < 4.78 is 5.47. The van der Waals surface area contributed by atoms with Crippen molar-refractivity contribution >= 4 is 35.1 Å². The van der Waals surface area contributed by atoms with Crippen molar-refractivity contribution in [2.24, 2.45) is 0 Å². The Morgan fingerprint density at radius 2 is 1.74 bits per heavy atom. The summed E-state index contributed by atoms with van der Waals surface area (Å²) in [4.78, 5) is 15.0. The molecule has 0 bridgehead atoms.